The fourth-order valence-electron chi connectivity index (χ4n) is 1.21. The minimum Gasteiger partial charge on any atom is -0.464 e. The van der Waals surface area contributed by atoms with Crippen molar-refractivity contribution < 1.29 is 9.53 Å². The molecule has 2 heterocycles. The molecule has 0 bridgehead atoms. The molecule has 0 aliphatic carbocycles. The summed E-state index contributed by atoms with van der Waals surface area (Å²) in [5.41, 5.74) is 1.25. The summed E-state index contributed by atoms with van der Waals surface area (Å²) in [4.78, 5) is 18.3. The van der Waals surface area contributed by atoms with Crippen molar-refractivity contribution in [2.45, 2.75) is 0 Å². The molecule has 0 aliphatic rings. The van der Waals surface area contributed by atoms with Gasteiger partial charge in [0.05, 0.1) is 22.5 Å². The van der Waals surface area contributed by atoms with Gasteiger partial charge in [-0.1, -0.05) is 0 Å². The zero-order chi connectivity index (χ0) is 10.1. The van der Waals surface area contributed by atoms with Crippen LogP contribution in [0.3, 0.4) is 0 Å². The van der Waals surface area contributed by atoms with Gasteiger partial charge in [-0.3, -0.25) is 0 Å². The Labute approximate surface area is 93.8 Å². The maximum atomic E-state index is 11.2. The van der Waals surface area contributed by atoms with Crippen LogP contribution in [-0.2, 0) is 4.74 Å². The number of nitrogens with zero attached hydrogens (tertiary/aromatic N) is 1. The van der Waals surface area contributed by atoms with E-state index in [4.69, 9.17) is 0 Å². The Balaban J connectivity index is 2.55. The second-order valence-electron chi connectivity index (χ2n) is 2.77. The van der Waals surface area contributed by atoms with E-state index in [-0.39, 0.29) is 0 Å². The molecule has 1 N–H and O–H groups in total. The molecule has 14 heavy (non-hydrogen) atoms. The van der Waals surface area contributed by atoms with Crippen LogP contribution in [0.25, 0.3) is 10.9 Å². The van der Waals surface area contributed by atoms with Crippen molar-refractivity contribution in [1.82, 2.24) is 9.97 Å². The first-order chi connectivity index (χ1) is 6.70. The number of carbonyl (C=O) groups is 1. The molecule has 0 aromatic carbocycles. The average Bonchev–Trinajstić information content (AvgIpc) is 2.55. The lowest BCUT2D eigenvalue weighted by molar-refractivity contribution is 0.0594. The fraction of sp³-hybridized carbons (Fsp3) is 0.111. The Kier molecular flexibility index (Phi) is 2.40. The second kappa shape index (κ2) is 3.56. The third kappa shape index (κ3) is 1.59. The van der Waals surface area contributed by atoms with Crippen molar-refractivity contribution >= 4 is 39.5 Å². The minimum atomic E-state index is -0.414. The molecule has 0 aliphatic heterocycles. The molecule has 0 saturated heterocycles. The van der Waals surface area contributed by atoms with Crippen molar-refractivity contribution in [3.05, 3.63) is 27.7 Å². The number of fused-ring (bicyclic) bond motifs is 1. The zero-order valence-electron chi connectivity index (χ0n) is 7.37. The first-order valence-corrected chi connectivity index (χ1v) is 5.01. The molecule has 0 saturated carbocycles. The third-order valence-corrected chi connectivity index (χ3v) is 2.45. The number of rotatable bonds is 1. The maximum Gasteiger partial charge on any atom is 0.356 e. The summed E-state index contributed by atoms with van der Waals surface area (Å²) in [5, 5.41) is 0.963. The topological polar surface area (TPSA) is 55.0 Å². The summed E-state index contributed by atoms with van der Waals surface area (Å²) in [6, 6.07) is 3.66. The van der Waals surface area contributed by atoms with Gasteiger partial charge in [0.15, 0.2) is 0 Å². The zero-order valence-corrected chi connectivity index (χ0v) is 9.53. The predicted molar refractivity (Wildman–Crippen MR) is 60.2 cm³/mol. The Morgan fingerprint density at radius 1 is 1.57 bits per heavy atom. The van der Waals surface area contributed by atoms with Crippen LogP contribution in [0, 0.1) is 3.70 Å². The lowest BCUT2D eigenvalue weighted by atomic mass is 10.2. The Bertz CT molecular complexity index is 493. The normalized spacial score (nSPS) is 10.4. The van der Waals surface area contributed by atoms with E-state index in [2.05, 4.69) is 37.3 Å². The summed E-state index contributed by atoms with van der Waals surface area (Å²) >= 11 is 2.17. The summed E-state index contributed by atoms with van der Waals surface area (Å²) in [7, 11) is 1.34. The van der Waals surface area contributed by atoms with Crippen LogP contribution in [0.5, 0.6) is 0 Å². The first-order valence-electron chi connectivity index (χ1n) is 3.93. The SMILES string of the molecule is COC(=O)c1cc2cc(I)[nH]c2cn1. The average molecular weight is 302 g/mol. The van der Waals surface area contributed by atoms with Gasteiger partial charge < -0.3 is 9.72 Å². The number of carbonyl (C=O) groups excluding carboxylic acids is 1. The minimum absolute atomic E-state index is 0.329. The molecular weight excluding hydrogens is 295 g/mol. The van der Waals surface area contributed by atoms with Crippen LogP contribution >= 0.6 is 22.6 Å². The van der Waals surface area contributed by atoms with Gasteiger partial charge in [0, 0.05) is 5.39 Å². The van der Waals surface area contributed by atoms with Gasteiger partial charge in [-0.05, 0) is 34.7 Å². The molecule has 0 unspecified atom stereocenters. The number of hydrogen-bond acceptors (Lipinski definition) is 3. The van der Waals surface area contributed by atoms with Gasteiger partial charge in [0.2, 0.25) is 0 Å². The highest BCUT2D eigenvalue weighted by molar-refractivity contribution is 14.1. The van der Waals surface area contributed by atoms with Crippen molar-refractivity contribution in [1.29, 1.82) is 0 Å². The molecule has 0 amide bonds. The predicted octanol–water partition coefficient (Wildman–Crippen LogP) is 1.95. The van der Waals surface area contributed by atoms with Crippen LogP contribution in [0.2, 0.25) is 0 Å². The largest absolute Gasteiger partial charge is 0.464 e. The Morgan fingerprint density at radius 2 is 2.36 bits per heavy atom. The van der Waals surface area contributed by atoms with Crippen LogP contribution < -0.4 is 0 Å². The molecule has 0 fully saturated rings. The van der Waals surface area contributed by atoms with E-state index in [0.29, 0.717) is 5.69 Å². The molecule has 0 spiro atoms. The van der Waals surface area contributed by atoms with E-state index >= 15 is 0 Å². The van der Waals surface area contributed by atoms with Crippen molar-refractivity contribution in [3.63, 3.8) is 0 Å². The number of methoxy groups -OCH3 is 1. The lowest BCUT2D eigenvalue weighted by Crippen LogP contribution is -2.03. The van der Waals surface area contributed by atoms with E-state index < -0.39 is 5.97 Å². The third-order valence-electron chi connectivity index (χ3n) is 1.87. The van der Waals surface area contributed by atoms with Gasteiger partial charge in [0.25, 0.3) is 0 Å². The van der Waals surface area contributed by atoms with E-state index in [9.17, 15) is 4.79 Å². The molecule has 4 nitrogen and oxygen atoms in total. The van der Waals surface area contributed by atoms with Crippen LogP contribution in [-0.4, -0.2) is 23.0 Å². The molecular formula is C9H7IN2O2. The van der Waals surface area contributed by atoms with Gasteiger partial charge in [-0.15, -0.1) is 0 Å². The second-order valence-corrected chi connectivity index (χ2v) is 3.93. The monoisotopic (exact) mass is 302 g/mol. The molecule has 0 radical (unpaired) electrons. The number of aromatic nitrogens is 2. The molecule has 2 aromatic rings. The van der Waals surface area contributed by atoms with Crippen molar-refractivity contribution in [2.24, 2.45) is 0 Å². The Morgan fingerprint density at radius 3 is 3.07 bits per heavy atom. The molecule has 5 heteroatoms. The fourth-order valence-corrected chi connectivity index (χ4v) is 1.84. The highest BCUT2D eigenvalue weighted by Gasteiger charge is 2.08. The van der Waals surface area contributed by atoms with Crippen LogP contribution in [0.1, 0.15) is 10.5 Å². The lowest BCUT2D eigenvalue weighted by Gasteiger charge is -1.97. The number of esters is 1. The number of hydrogen-bond donors (Lipinski definition) is 1. The number of nitrogens with one attached hydrogen (secondary N) is 1. The number of halogens is 1. The smallest absolute Gasteiger partial charge is 0.356 e. The summed E-state index contributed by atoms with van der Waals surface area (Å²) < 4.78 is 5.59. The highest BCUT2D eigenvalue weighted by Crippen LogP contribution is 2.16. The van der Waals surface area contributed by atoms with Gasteiger partial charge in [0.1, 0.15) is 5.69 Å². The molecule has 72 valence electrons. The van der Waals surface area contributed by atoms with Crippen molar-refractivity contribution in [3.8, 4) is 0 Å². The first kappa shape index (κ1) is 9.45. The molecule has 2 rings (SSSR count). The van der Waals surface area contributed by atoms with Crippen LogP contribution in [0.4, 0.5) is 0 Å². The summed E-state index contributed by atoms with van der Waals surface area (Å²) in [5.74, 6) is -0.414. The van der Waals surface area contributed by atoms with E-state index in [1.165, 1.54) is 7.11 Å². The van der Waals surface area contributed by atoms with E-state index in [1.807, 2.05) is 6.07 Å². The van der Waals surface area contributed by atoms with E-state index in [1.54, 1.807) is 12.3 Å². The number of aromatic amines is 1. The standard InChI is InChI=1S/C9H7IN2O2/c1-14-9(13)6-2-5-3-8(10)12-7(5)4-11-6/h2-4,12H,1H3. The number of H-pyrrole nitrogens is 1. The molecule has 0 atom stereocenters. The van der Waals surface area contributed by atoms with E-state index in [0.717, 1.165) is 14.6 Å². The quantitative estimate of drug-likeness (QED) is 0.647. The van der Waals surface area contributed by atoms with Crippen LogP contribution in [0.15, 0.2) is 18.3 Å². The summed E-state index contributed by atoms with van der Waals surface area (Å²) in [6.45, 7) is 0. The van der Waals surface area contributed by atoms with Gasteiger partial charge in [-0.2, -0.15) is 0 Å². The number of pyridine rings is 1. The number of ether oxygens (including phenoxy) is 1. The van der Waals surface area contributed by atoms with Gasteiger partial charge >= 0.3 is 5.97 Å². The highest BCUT2D eigenvalue weighted by atomic mass is 127. The maximum absolute atomic E-state index is 11.2. The molecule has 2 aromatic heterocycles. The van der Waals surface area contributed by atoms with Gasteiger partial charge in [-0.25, -0.2) is 9.78 Å². The Hall–Kier alpha value is -1.11. The van der Waals surface area contributed by atoms with Crippen molar-refractivity contribution in [2.75, 3.05) is 7.11 Å². The summed E-state index contributed by atoms with van der Waals surface area (Å²) in [6.07, 6.45) is 1.63.